The zero-order valence-electron chi connectivity index (χ0n) is 19.7. The summed E-state index contributed by atoms with van der Waals surface area (Å²) in [5.41, 5.74) is 3.06. The molecule has 0 saturated carbocycles. The summed E-state index contributed by atoms with van der Waals surface area (Å²) in [6, 6.07) is 13.1. The van der Waals surface area contributed by atoms with Crippen molar-refractivity contribution in [2.45, 2.75) is 56.7 Å². The van der Waals surface area contributed by atoms with E-state index in [2.05, 4.69) is 41.3 Å². The molecule has 0 aliphatic carbocycles. The fraction of sp³-hybridized carbons (Fsp3) is 0.423. The third-order valence-corrected chi connectivity index (χ3v) is 7.48. The third kappa shape index (κ3) is 4.02. The molecule has 2 fully saturated rings. The number of anilines is 1. The molecule has 33 heavy (non-hydrogen) atoms. The molecular weight excluding hydrogens is 414 g/mol. The van der Waals surface area contributed by atoms with E-state index >= 15 is 0 Å². The predicted octanol–water partition coefficient (Wildman–Crippen LogP) is 3.71. The molecule has 7 nitrogen and oxygen atoms in total. The van der Waals surface area contributed by atoms with Gasteiger partial charge in [-0.25, -0.2) is 0 Å². The molecule has 2 aliphatic rings. The van der Waals surface area contributed by atoms with E-state index in [4.69, 9.17) is 0 Å². The number of rotatable bonds is 4. The Balaban J connectivity index is 1.36. The van der Waals surface area contributed by atoms with Gasteiger partial charge >= 0.3 is 0 Å². The number of nitrogens with one attached hydrogen (secondary N) is 1. The van der Waals surface area contributed by atoms with Gasteiger partial charge in [-0.2, -0.15) is 0 Å². The Morgan fingerprint density at radius 2 is 1.73 bits per heavy atom. The maximum atomic E-state index is 11.9. The van der Waals surface area contributed by atoms with Crippen LogP contribution in [0.1, 0.15) is 39.5 Å². The van der Waals surface area contributed by atoms with Gasteiger partial charge in [-0.15, -0.1) is 10.2 Å². The van der Waals surface area contributed by atoms with E-state index in [1.807, 2.05) is 30.3 Å². The van der Waals surface area contributed by atoms with Crippen molar-refractivity contribution in [3.05, 3.63) is 59.0 Å². The summed E-state index contributed by atoms with van der Waals surface area (Å²) in [5, 5.41) is 23.4. The summed E-state index contributed by atoms with van der Waals surface area (Å²) in [7, 11) is 3.81. The number of nitrogens with zero attached hydrogens (tertiary/aromatic N) is 4. The van der Waals surface area contributed by atoms with Crippen LogP contribution in [0.4, 0.5) is 5.82 Å². The first kappa shape index (κ1) is 21.6. The molecule has 3 atom stereocenters. The minimum Gasteiger partial charge on any atom is -0.507 e. The minimum atomic E-state index is -0.0913. The average molecular weight is 446 g/mol. The molecule has 3 aromatic rings. The highest BCUT2D eigenvalue weighted by Gasteiger charge is 2.49. The van der Waals surface area contributed by atoms with Crippen LogP contribution in [0.5, 0.6) is 5.75 Å². The van der Waals surface area contributed by atoms with E-state index in [0.717, 1.165) is 29.8 Å². The topological polar surface area (TPSA) is 83.3 Å². The quantitative estimate of drug-likeness (QED) is 0.637. The maximum absolute atomic E-state index is 11.9. The first-order valence-electron chi connectivity index (χ1n) is 11.5. The Morgan fingerprint density at radius 1 is 1.03 bits per heavy atom. The molecule has 0 spiro atoms. The normalized spacial score (nSPS) is 26.4. The standard InChI is InChI=1S/C26H31N5O2/c1-25-10-11-26(2,29-25)16-19(15-25)31(4)23-8-7-21(27-28-23)20-6-5-17(13-22(20)32)18-9-12-30(3)24(33)14-18/h5-9,12-14,19,29,32H,10-11,15-16H2,1-4H3/t19?,25-,26+. The van der Waals surface area contributed by atoms with Crippen molar-refractivity contribution in [2.75, 3.05) is 11.9 Å². The van der Waals surface area contributed by atoms with E-state index in [1.54, 1.807) is 25.4 Å². The zero-order valence-corrected chi connectivity index (χ0v) is 19.7. The number of aromatic hydroxyl groups is 1. The van der Waals surface area contributed by atoms with Crippen molar-refractivity contribution in [2.24, 2.45) is 7.05 Å². The molecule has 0 amide bonds. The largest absolute Gasteiger partial charge is 0.507 e. The van der Waals surface area contributed by atoms with Crippen LogP contribution in [0.2, 0.25) is 0 Å². The van der Waals surface area contributed by atoms with E-state index in [9.17, 15) is 9.90 Å². The highest BCUT2D eigenvalue weighted by atomic mass is 16.3. The Hall–Kier alpha value is -3.19. The van der Waals surface area contributed by atoms with Gasteiger partial charge in [0.05, 0.1) is 5.69 Å². The van der Waals surface area contributed by atoms with Gasteiger partial charge in [-0.3, -0.25) is 4.79 Å². The number of aromatic nitrogens is 3. The lowest BCUT2D eigenvalue weighted by Gasteiger charge is -2.45. The van der Waals surface area contributed by atoms with Crippen LogP contribution in [0.25, 0.3) is 22.4 Å². The second-order valence-corrected chi connectivity index (χ2v) is 10.3. The van der Waals surface area contributed by atoms with Crippen LogP contribution in [-0.2, 0) is 7.05 Å². The molecule has 1 unspecified atom stereocenters. The molecule has 5 rings (SSSR count). The van der Waals surface area contributed by atoms with Crippen LogP contribution in [0.15, 0.2) is 53.5 Å². The second kappa shape index (κ2) is 7.70. The van der Waals surface area contributed by atoms with Gasteiger partial charge < -0.3 is 19.9 Å². The summed E-state index contributed by atoms with van der Waals surface area (Å²) < 4.78 is 1.52. The van der Waals surface area contributed by atoms with Gasteiger partial charge in [0.2, 0.25) is 0 Å². The number of pyridine rings is 1. The molecule has 0 radical (unpaired) electrons. The molecule has 172 valence electrons. The number of phenolic OH excluding ortho intramolecular Hbond substituents is 1. The number of aryl methyl sites for hydroxylation is 1. The highest BCUT2D eigenvalue weighted by Crippen LogP contribution is 2.43. The second-order valence-electron chi connectivity index (χ2n) is 10.3. The lowest BCUT2D eigenvalue weighted by Crippen LogP contribution is -2.58. The molecular formula is C26H31N5O2. The molecule has 2 aliphatic heterocycles. The van der Waals surface area contributed by atoms with Crippen molar-refractivity contribution >= 4 is 5.82 Å². The number of hydrogen-bond acceptors (Lipinski definition) is 6. The van der Waals surface area contributed by atoms with Crippen molar-refractivity contribution < 1.29 is 5.11 Å². The minimum absolute atomic E-state index is 0.0913. The third-order valence-electron chi connectivity index (χ3n) is 7.48. The van der Waals surface area contributed by atoms with Gasteiger partial charge in [0.25, 0.3) is 5.56 Å². The number of benzene rings is 1. The number of hydrogen-bond donors (Lipinski definition) is 2. The van der Waals surface area contributed by atoms with Crippen LogP contribution in [0, 0.1) is 0 Å². The van der Waals surface area contributed by atoms with Crippen LogP contribution in [0.3, 0.4) is 0 Å². The molecule has 2 aromatic heterocycles. The molecule has 2 N–H and O–H groups in total. The van der Waals surface area contributed by atoms with E-state index < -0.39 is 0 Å². The average Bonchev–Trinajstić information content (AvgIpc) is 3.01. The lowest BCUT2D eigenvalue weighted by atomic mass is 9.84. The fourth-order valence-electron chi connectivity index (χ4n) is 5.60. The fourth-order valence-corrected chi connectivity index (χ4v) is 5.60. The van der Waals surface area contributed by atoms with E-state index in [0.29, 0.717) is 17.3 Å². The summed E-state index contributed by atoms with van der Waals surface area (Å²) in [4.78, 5) is 14.2. The van der Waals surface area contributed by atoms with Crippen molar-refractivity contribution in [1.82, 2.24) is 20.1 Å². The first-order valence-corrected chi connectivity index (χ1v) is 11.5. The smallest absolute Gasteiger partial charge is 0.250 e. The number of piperidine rings is 1. The maximum Gasteiger partial charge on any atom is 0.250 e. The Kier molecular flexibility index (Phi) is 5.05. The SMILES string of the molecule is CN(c1ccc(-c2ccc(-c3ccn(C)c(=O)c3)cc2O)nn1)C1C[C@]2(C)CC[C@](C)(C1)N2. The van der Waals surface area contributed by atoms with Gasteiger partial charge in [0.15, 0.2) is 5.82 Å². The zero-order chi connectivity index (χ0) is 23.4. The molecule has 2 saturated heterocycles. The van der Waals surface area contributed by atoms with Crippen molar-refractivity contribution in [1.29, 1.82) is 0 Å². The Morgan fingerprint density at radius 3 is 2.33 bits per heavy atom. The van der Waals surface area contributed by atoms with Crippen LogP contribution < -0.4 is 15.8 Å². The van der Waals surface area contributed by atoms with Gasteiger partial charge in [-0.1, -0.05) is 6.07 Å². The molecule has 7 heteroatoms. The highest BCUT2D eigenvalue weighted by molar-refractivity contribution is 5.74. The van der Waals surface area contributed by atoms with Gasteiger partial charge in [-0.05, 0) is 81.0 Å². The van der Waals surface area contributed by atoms with E-state index in [-0.39, 0.29) is 22.4 Å². The van der Waals surface area contributed by atoms with Crippen molar-refractivity contribution in [3.63, 3.8) is 0 Å². The summed E-state index contributed by atoms with van der Waals surface area (Å²) >= 11 is 0. The summed E-state index contributed by atoms with van der Waals surface area (Å²) in [6.45, 7) is 4.65. The van der Waals surface area contributed by atoms with Gasteiger partial charge in [0.1, 0.15) is 5.75 Å². The van der Waals surface area contributed by atoms with Gasteiger partial charge in [0, 0.05) is 49.0 Å². The summed E-state index contributed by atoms with van der Waals surface area (Å²) in [5.74, 6) is 0.952. The van der Waals surface area contributed by atoms with Crippen molar-refractivity contribution in [3.8, 4) is 28.1 Å². The molecule has 2 bridgehead atoms. The number of phenols is 1. The Bertz CT molecular complexity index is 1240. The van der Waals surface area contributed by atoms with Crippen LogP contribution >= 0.6 is 0 Å². The molecule has 4 heterocycles. The predicted molar refractivity (Wildman–Crippen MR) is 130 cm³/mol. The monoisotopic (exact) mass is 445 g/mol. The summed E-state index contributed by atoms with van der Waals surface area (Å²) in [6.07, 6.45) is 6.33. The first-order chi connectivity index (χ1) is 15.6. The Labute approximate surface area is 194 Å². The molecule has 1 aromatic carbocycles. The van der Waals surface area contributed by atoms with E-state index in [1.165, 1.54) is 17.4 Å². The number of fused-ring (bicyclic) bond motifs is 2. The lowest BCUT2D eigenvalue weighted by molar-refractivity contribution is 0.207. The van der Waals surface area contributed by atoms with Crippen LogP contribution in [-0.4, -0.2) is 44.0 Å².